The zero-order chi connectivity index (χ0) is 13.7. The number of nitro benzene ring substituents is 1. The molecule has 106 valence electrons. The molecule has 1 rings (SSSR count). The fourth-order valence-electron chi connectivity index (χ4n) is 1.57. The third-order valence-electron chi connectivity index (χ3n) is 2.55. The van der Waals surface area contributed by atoms with E-state index >= 15 is 0 Å². The summed E-state index contributed by atoms with van der Waals surface area (Å²) in [4.78, 5) is 21.6. The van der Waals surface area contributed by atoms with Gasteiger partial charge in [-0.1, -0.05) is 12.1 Å². The normalized spacial score (nSPS) is 11.3. The first-order valence-electron chi connectivity index (χ1n) is 5.61. The number of ether oxygens (including phenoxy) is 1. The smallest absolute Gasteiger partial charge is 0.307 e. The maximum absolute atomic E-state index is 11.3. The number of aryl methyl sites for hydroxylation is 1. The standard InChI is InChI=1S/C12H16N2O4.ClH/c1-3-18-12(15)7-10(13)9-5-4-8(2)11(6-9)14(16)17;/h4-6,10H,3,7,13H2,1-2H3;1H/t10-;/m1./s1. The van der Waals surface area contributed by atoms with Gasteiger partial charge in [0.05, 0.1) is 18.0 Å². The van der Waals surface area contributed by atoms with Crippen LogP contribution in [0.25, 0.3) is 0 Å². The summed E-state index contributed by atoms with van der Waals surface area (Å²) in [5.41, 5.74) is 6.95. The van der Waals surface area contributed by atoms with Crippen LogP contribution in [0.4, 0.5) is 5.69 Å². The van der Waals surface area contributed by atoms with Crippen molar-refractivity contribution in [3.8, 4) is 0 Å². The maximum Gasteiger partial charge on any atom is 0.307 e. The number of esters is 1. The van der Waals surface area contributed by atoms with Gasteiger partial charge in [0, 0.05) is 17.7 Å². The lowest BCUT2D eigenvalue weighted by Gasteiger charge is -2.11. The quantitative estimate of drug-likeness (QED) is 0.509. The van der Waals surface area contributed by atoms with Gasteiger partial charge in [0.1, 0.15) is 0 Å². The number of hydrogen-bond acceptors (Lipinski definition) is 5. The molecule has 7 heteroatoms. The van der Waals surface area contributed by atoms with Crippen molar-refractivity contribution in [1.82, 2.24) is 0 Å². The number of benzene rings is 1. The second-order valence-corrected chi connectivity index (χ2v) is 3.92. The molecule has 0 aliphatic rings. The van der Waals surface area contributed by atoms with Gasteiger partial charge in [-0.05, 0) is 19.4 Å². The third-order valence-corrected chi connectivity index (χ3v) is 2.55. The number of carbonyl (C=O) groups excluding carboxylic acids is 1. The van der Waals surface area contributed by atoms with Gasteiger partial charge < -0.3 is 10.5 Å². The predicted octanol–water partition coefficient (Wildman–Crippen LogP) is 2.28. The average Bonchev–Trinajstić information content (AvgIpc) is 2.29. The van der Waals surface area contributed by atoms with E-state index in [0.29, 0.717) is 17.7 Å². The molecule has 0 radical (unpaired) electrons. The fourth-order valence-corrected chi connectivity index (χ4v) is 1.57. The predicted molar refractivity (Wildman–Crippen MR) is 73.3 cm³/mol. The minimum atomic E-state index is -0.594. The molecule has 0 heterocycles. The Morgan fingerprint density at radius 3 is 2.68 bits per heavy atom. The Kier molecular flexibility index (Phi) is 7.03. The summed E-state index contributed by atoms with van der Waals surface area (Å²) in [5, 5.41) is 10.8. The van der Waals surface area contributed by atoms with E-state index in [9.17, 15) is 14.9 Å². The third kappa shape index (κ3) is 4.84. The molecule has 0 spiro atoms. The molecule has 0 aromatic heterocycles. The SMILES string of the molecule is CCOC(=O)C[C@@H](N)c1ccc(C)c([N+](=O)[O-])c1.Cl. The molecule has 0 bridgehead atoms. The molecule has 0 aliphatic carbocycles. The summed E-state index contributed by atoms with van der Waals surface area (Å²) in [6.07, 6.45) is 0.00799. The summed E-state index contributed by atoms with van der Waals surface area (Å²) < 4.78 is 4.78. The van der Waals surface area contributed by atoms with Gasteiger partial charge >= 0.3 is 5.97 Å². The monoisotopic (exact) mass is 288 g/mol. The number of nitro groups is 1. The van der Waals surface area contributed by atoms with E-state index in [0.717, 1.165) is 0 Å². The molecule has 0 saturated heterocycles. The van der Waals surface area contributed by atoms with Crippen LogP contribution in [0.5, 0.6) is 0 Å². The molecule has 0 amide bonds. The molecule has 19 heavy (non-hydrogen) atoms. The minimum absolute atomic E-state index is 0. The second-order valence-electron chi connectivity index (χ2n) is 3.92. The zero-order valence-corrected chi connectivity index (χ0v) is 11.6. The zero-order valence-electron chi connectivity index (χ0n) is 10.8. The molecular formula is C12H17ClN2O4. The summed E-state index contributed by atoms with van der Waals surface area (Å²) >= 11 is 0. The molecule has 1 atom stereocenters. The summed E-state index contributed by atoms with van der Waals surface area (Å²) in [5.74, 6) is -0.409. The van der Waals surface area contributed by atoms with Crippen molar-refractivity contribution in [2.45, 2.75) is 26.3 Å². The molecule has 0 saturated carbocycles. The van der Waals surface area contributed by atoms with Crippen LogP contribution in [-0.4, -0.2) is 17.5 Å². The van der Waals surface area contributed by atoms with Crippen molar-refractivity contribution in [3.05, 3.63) is 39.4 Å². The number of nitrogens with zero attached hydrogens (tertiary/aromatic N) is 1. The Bertz CT molecular complexity index is 465. The highest BCUT2D eigenvalue weighted by Crippen LogP contribution is 2.23. The van der Waals surface area contributed by atoms with Crippen molar-refractivity contribution in [2.24, 2.45) is 5.73 Å². The molecule has 1 aromatic rings. The van der Waals surface area contributed by atoms with Crippen molar-refractivity contribution < 1.29 is 14.5 Å². The van der Waals surface area contributed by atoms with Crippen molar-refractivity contribution >= 4 is 24.1 Å². The van der Waals surface area contributed by atoms with Crippen LogP contribution in [0, 0.1) is 17.0 Å². The highest BCUT2D eigenvalue weighted by Gasteiger charge is 2.17. The van der Waals surface area contributed by atoms with Gasteiger partial charge in [-0.3, -0.25) is 14.9 Å². The Balaban J connectivity index is 0.00000324. The molecule has 6 nitrogen and oxygen atoms in total. The maximum atomic E-state index is 11.3. The number of hydrogen-bond donors (Lipinski definition) is 1. The van der Waals surface area contributed by atoms with Gasteiger partial charge in [-0.25, -0.2) is 0 Å². The van der Waals surface area contributed by atoms with E-state index in [1.807, 2.05) is 0 Å². The number of rotatable bonds is 5. The Hall–Kier alpha value is -1.66. The van der Waals surface area contributed by atoms with Gasteiger partial charge in [-0.15, -0.1) is 12.4 Å². The van der Waals surface area contributed by atoms with E-state index in [1.54, 1.807) is 26.0 Å². The number of nitrogens with two attached hydrogens (primary N) is 1. The highest BCUT2D eigenvalue weighted by molar-refractivity contribution is 5.85. The van der Waals surface area contributed by atoms with Gasteiger partial charge in [0.2, 0.25) is 0 Å². The first-order chi connectivity index (χ1) is 8.45. The largest absolute Gasteiger partial charge is 0.466 e. The van der Waals surface area contributed by atoms with E-state index in [-0.39, 0.29) is 24.5 Å². The van der Waals surface area contributed by atoms with E-state index in [1.165, 1.54) is 6.07 Å². The lowest BCUT2D eigenvalue weighted by Crippen LogP contribution is -2.17. The molecular weight excluding hydrogens is 272 g/mol. The first kappa shape index (κ1) is 17.3. The van der Waals surface area contributed by atoms with Gasteiger partial charge in [-0.2, -0.15) is 0 Å². The van der Waals surface area contributed by atoms with Crippen molar-refractivity contribution in [1.29, 1.82) is 0 Å². The van der Waals surface area contributed by atoms with Gasteiger partial charge in [0.15, 0.2) is 0 Å². The Morgan fingerprint density at radius 2 is 2.16 bits per heavy atom. The van der Waals surface area contributed by atoms with Crippen LogP contribution in [0.3, 0.4) is 0 Å². The first-order valence-corrected chi connectivity index (χ1v) is 5.61. The van der Waals surface area contributed by atoms with Gasteiger partial charge in [0.25, 0.3) is 5.69 Å². The van der Waals surface area contributed by atoms with Crippen LogP contribution in [0.2, 0.25) is 0 Å². The molecule has 0 aliphatic heterocycles. The second kappa shape index (κ2) is 7.70. The fraction of sp³-hybridized carbons (Fsp3) is 0.417. The lowest BCUT2D eigenvalue weighted by atomic mass is 10.0. The van der Waals surface area contributed by atoms with Crippen molar-refractivity contribution in [2.75, 3.05) is 6.61 Å². The topological polar surface area (TPSA) is 95.5 Å². The van der Waals surface area contributed by atoms with Crippen molar-refractivity contribution in [3.63, 3.8) is 0 Å². The van der Waals surface area contributed by atoms with Crippen LogP contribution >= 0.6 is 12.4 Å². The number of carbonyl (C=O) groups is 1. The molecule has 0 fully saturated rings. The van der Waals surface area contributed by atoms with Crippen LogP contribution < -0.4 is 5.73 Å². The average molecular weight is 289 g/mol. The van der Waals surface area contributed by atoms with Crippen LogP contribution in [0.15, 0.2) is 18.2 Å². The molecule has 0 unspecified atom stereocenters. The summed E-state index contributed by atoms with van der Waals surface area (Å²) in [6, 6.07) is 4.12. The number of halogens is 1. The highest BCUT2D eigenvalue weighted by atomic mass is 35.5. The molecule has 2 N–H and O–H groups in total. The van der Waals surface area contributed by atoms with E-state index in [2.05, 4.69) is 0 Å². The lowest BCUT2D eigenvalue weighted by molar-refractivity contribution is -0.385. The van der Waals surface area contributed by atoms with E-state index in [4.69, 9.17) is 10.5 Å². The Morgan fingerprint density at radius 1 is 1.53 bits per heavy atom. The Labute approximate surface area is 117 Å². The van der Waals surface area contributed by atoms with Crippen LogP contribution in [-0.2, 0) is 9.53 Å². The summed E-state index contributed by atoms with van der Waals surface area (Å²) in [6.45, 7) is 3.65. The van der Waals surface area contributed by atoms with E-state index < -0.39 is 16.9 Å². The molecule has 1 aromatic carbocycles. The summed E-state index contributed by atoms with van der Waals surface area (Å²) in [7, 11) is 0. The van der Waals surface area contributed by atoms with Crippen LogP contribution in [0.1, 0.15) is 30.5 Å². The minimum Gasteiger partial charge on any atom is -0.466 e.